The maximum absolute atomic E-state index is 6.50. The van der Waals surface area contributed by atoms with Crippen LogP contribution in [-0.4, -0.2) is 6.61 Å². The number of hydrogen-bond acceptors (Lipinski definition) is 1. The van der Waals surface area contributed by atoms with E-state index in [2.05, 4.69) is 28.1 Å². The molecule has 0 N–H and O–H groups in total. The van der Waals surface area contributed by atoms with Gasteiger partial charge in [0, 0.05) is 16.5 Å². The Morgan fingerprint density at radius 3 is 3.00 bits per heavy atom. The molecule has 1 nitrogen and oxygen atoms in total. The third-order valence-corrected chi connectivity index (χ3v) is 4.22. The Labute approximate surface area is 109 Å². The number of halogens is 2. The minimum absolute atomic E-state index is 0.108. The van der Waals surface area contributed by atoms with Crippen molar-refractivity contribution < 1.29 is 4.74 Å². The zero-order chi connectivity index (χ0) is 11.1. The molecule has 1 heterocycles. The molecule has 3 rings (SSSR count). The molecule has 1 atom stereocenters. The second kappa shape index (κ2) is 4.23. The molecule has 0 bridgehead atoms. The number of benzene rings is 1. The Kier molecular flexibility index (Phi) is 2.88. The molecule has 1 aliphatic carbocycles. The van der Waals surface area contributed by atoms with Crippen molar-refractivity contribution in [3.63, 3.8) is 0 Å². The topological polar surface area (TPSA) is 9.23 Å². The van der Waals surface area contributed by atoms with Crippen molar-refractivity contribution >= 4 is 27.5 Å². The van der Waals surface area contributed by atoms with Crippen LogP contribution in [0.1, 0.15) is 35.8 Å². The lowest BCUT2D eigenvalue weighted by Gasteiger charge is -2.14. The van der Waals surface area contributed by atoms with Crippen LogP contribution in [-0.2, 0) is 6.42 Å². The lowest BCUT2D eigenvalue weighted by atomic mass is 10.0. The Morgan fingerprint density at radius 1 is 1.44 bits per heavy atom. The van der Waals surface area contributed by atoms with Crippen LogP contribution in [0.4, 0.5) is 0 Å². The van der Waals surface area contributed by atoms with Crippen molar-refractivity contribution in [2.24, 2.45) is 5.92 Å². The van der Waals surface area contributed by atoms with E-state index in [-0.39, 0.29) is 5.38 Å². The average molecular weight is 302 g/mol. The fourth-order valence-corrected chi connectivity index (χ4v) is 3.24. The molecule has 86 valence electrons. The van der Waals surface area contributed by atoms with E-state index in [0.29, 0.717) is 0 Å². The van der Waals surface area contributed by atoms with Gasteiger partial charge in [-0.1, -0.05) is 28.8 Å². The third kappa shape index (κ3) is 2.10. The Hall–Kier alpha value is -0.210. The second-order valence-electron chi connectivity index (χ2n) is 4.73. The van der Waals surface area contributed by atoms with Gasteiger partial charge in [0.05, 0.1) is 12.0 Å². The summed E-state index contributed by atoms with van der Waals surface area (Å²) in [7, 11) is 0. The molecule has 1 unspecified atom stereocenters. The zero-order valence-corrected chi connectivity index (χ0v) is 11.4. The van der Waals surface area contributed by atoms with Crippen molar-refractivity contribution in [2.45, 2.75) is 31.1 Å². The number of ether oxygens (including phenoxy) is 1. The van der Waals surface area contributed by atoms with E-state index in [1.807, 2.05) is 0 Å². The van der Waals surface area contributed by atoms with Gasteiger partial charge in [-0.3, -0.25) is 0 Å². The Balaban J connectivity index is 1.92. The van der Waals surface area contributed by atoms with Crippen molar-refractivity contribution in [2.75, 3.05) is 6.61 Å². The Morgan fingerprint density at radius 2 is 2.25 bits per heavy atom. The summed E-state index contributed by atoms with van der Waals surface area (Å²) in [6.07, 6.45) is 4.79. The van der Waals surface area contributed by atoms with Gasteiger partial charge in [0.25, 0.3) is 0 Å². The quantitative estimate of drug-likeness (QED) is 0.749. The van der Waals surface area contributed by atoms with Crippen LogP contribution < -0.4 is 4.74 Å². The van der Waals surface area contributed by atoms with Crippen molar-refractivity contribution in [3.8, 4) is 5.75 Å². The van der Waals surface area contributed by atoms with Crippen molar-refractivity contribution in [3.05, 3.63) is 27.7 Å². The molecule has 0 amide bonds. The normalized spacial score (nSPS) is 20.4. The summed E-state index contributed by atoms with van der Waals surface area (Å²) in [5, 5.41) is 0.108. The van der Waals surface area contributed by atoms with E-state index in [0.717, 1.165) is 35.6 Å². The van der Waals surface area contributed by atoms with E-state index < -0.39 is 0 Å². The van der Waals surface area contributed by atoms with Crippen LogP contribution in [0.25, 0.3) is 0 Å². The minimum Gasteiger partial charge on any atom is -0.493 e. The van der Waals surface area contributed by atoms with Gasteiger partial charge in [-0.25, -0.2) is 0 Å². The van der Waals surface area contributed by atoms with E-state index in [4.69, 9.17) is 16.3 Å². The highest BCUT2D eigenvalue weighted by Gasteiger charge is 2.28. The van der Waals surface area contributed by atoms with E-state index in [1.54, 1.807) is 0 Å². The largest absolute Gasteiger partial charge is 0.493 e. The molecule has 1 aromatic rings. The van der Waals surface area contributed by atoms with Crippen LogP contribution in [0, 0.1) is 5.92 Å². The fourth-order valence-electron chi connectivity index (χ4n) is 2.30. The first kappa shape index (κ1) is 10.9. The van der Waals surface area contributed by atoms with Gasteiger partial charge in [0.1, 0.15) is 5.75 Å². The van der Waals surface area contributed by atoms with Crippen LogP contribution in [0.5, 0.6) is 5.75 Å². The van der Waals surface area contributed by atoms with E-state index in [9.17, 15) is 0 Å². The molecule has 1 aliphatic heterocycles. The lowest BCUT2D eigenvalue weighted by molar-refractivity contribution is 0.352. The monoisotopic (exact) mass is 300 g/mol. The molecule has 0 spiro atoms. The number of hydrogen-bond donors (Lipinski definition) is 0. The predicted molar refractivity (Wildman–Crippen MR) is 69.3 cm³/mol. The SMILES string of the molecule is ClC(CC1CC1)c1cc(Br)cc2c1OCC2. The molecule has 1 saturated carbocycles. The summed E-state index contributed by atoms with van der Waals surface area (Å²) in [5.74, 6) is 1.89. The standard InChI is InChI=1S/C13H14BrClO/c14-10-6-9-3-4-16-13(9)11(7-10)12(15)5-8-1-2-8/h6-8,12H,1-5H2. The molecule has 3 heteroatoms. The number of rotatable bonds is 3. The maximum atomic E-state index is 6.50. The van der Waals surface area contributed by atoms with Crippen LogP contribution in [0.2, 0.25) is 0 Å². The third-order valence-electron chi connectivity index (χ3n) is 3.35. The Bertz CT molecular complexity index is 415. The van der Waals surface area contributed by atoms with Gasteiger partial charge < -0.3 is 4.74 Å². The summed E-state index contributed by atoms with van der Waals surface area (Å²) >= 11 is 10.0. The van der Waals surface area contributed by atoms with Crippen LogP contribution >= 0.6 is 27.5 Å². The smallest absolute Gasteiger partial charge is 0.127 e. The molecule has 0 aromatic heterocycles. The summed E-state index contributed by atoms with van der Waals surface area (Å²) in [6.45, 7) is 0.797. The molecule has 1 fully saturated rings. The van der Waals surface area contributed by atoms with Gasteiger partial charge in [-0.15, -0.1) is 11.6 Å². The molecular formula is C13H14BrClO. The minimum atomic E-state index is 0.108. The summed E-state index contributed by atoms with van der Waals surface area (Å²) in [5.41, 5.74) is 2.47. The summed E-state index contributed by atoms with van der Waals surface area (Å²) in [4.78, 5) is 0. The number of fused-ring (bicyclic) bond motifs is 1. The summed E-state index contributed by atoms with van der Waals surface area (Å²) in [6, 6.07) is 4.26. The molecular weight excluding hydrogens is 287 g/mol. The lowest BCUT2D eigenvalue weighted by Crippen LogP contribution is -1.96. The predicted octanol–water partition coefficient (Wildman–Crippen LogP) is 4.46. The van der Waals surface area contributed by atoms with Gasteiger partial charge in [-0.2, -0.15) is 0 Å². The summed E-state index contributed by atoms with van der Waals surface area (Å²) < 4.78 is 6.82. The first-order valence-electron chi connectivity index (χ1n) is 5.83. The molecule has 0 radical (unpaired) electrons. The first-order chi connectivity index (χ1) is 7.74. The van der Waals surface area contributed by atoms with Crippen LogP contribution in [0.3, 0.4) is 0 Å². The highest BCUT2D eigenvalue weighted by molar-refractivity contribution is 9.10. The van der Waals surface area contributed by atoms with Gasteiger partial charge in [-0.05, 0) is 30.0 Å². The van der Waals surface area contributed by atoms with E-state index in [1.165, 1.54) is 24.0 Å². The second-order valence-corrected chi connectivity index (χ2v) is 6.17. The van der Waals surface area contributed by atoms with Gasteiger partial charge >= 0.3 is 0 Å². The molecule has 2 aliphatic rings. The van der Waals surface area contributed by atoms with Crippen molar-refractivity contribution in [1.29, 1.82) is 0 Å². The van der Waals surface area contributed by atoms with Gasteiger partial charge in [0.15, 0.2) is 0 Å². The highest BCUT2D eigenvalue weighted by Crippen LogP contribution is 2.45. The highest BCUT2D eigenvalue weighted by atomic mass is 79.9. The van der Waals surface area contributed by atoms with Gasteiger partial charge in [0.2, 0.25) is 0 Å². The molecule has 1 aromatic carbocycles. The molecule has 16 heavy (non-hydrogen) atoms. The fraction of sp³-hybridized carbons (Fsp3) is 0.538. The number of alkyl halides is 1. The van der Waals surface area contributed by atoms with E-state index >= 15 is 0 Å². The molecule has 0 saturated heterocycles. The maximum Gasteiger partial charge on any atom is 0.127 e. The van der Waals surface area contributed by atoms with Crippen LogP contribution in [0.15, 0.2) is 16.6 Å². The van der Waals surface area contributed by atoms with Crippen molar-refractivity contribution in [1.82, 2.24) is 0 Å². The first-order valence-corrected chi connectivity index (χ1v) is 7.06. The average Bonchev–Trinajstić information content (AvgIpc) is 2.93. The zero-order valence-electron chi connectivity index (χ0n) is 9.01.